The van der Waals surface area contributed by atoms with E-state index in [0.29, 0.717) is 6.42 Å². The van der Waals surface area contributed by atoms with Crippen LogP contribution in [0.3, 0.4) is 0 Å². The predicted molar refractivity (Wildman–Crippen MR) is 62.1 cm³/mol. The summed E-state index contributed by atoms with van der Waals surface area (Å²) in [4.78, 5) is 0. The van der Waals surface area contributed by atoms with E-state index in [1.807, 2.05) is 13.8 Å². The van der Waals surface area contributed by atoms with Gasteiger partial charge in [-0.25, -0.2) is 8.42 Å². The van der Waals surface area contributed by atoms with Crippen molar-refractivity contribution in [1.82, 2.24) is 10.2 Å². The molecule has 0 saturated carbocycles. The second-order valence-corrected chi connectivity index (χ2v) is 7.03. The molecule has 1 unspecified atom stereocenters. The second-order valence-electron chi connectivity index (χ2n) is 3.59. The van der Waals surface area contributed by atoms with Gasteiger partial charge in [-0.15, -0.1) is 10.2 Å². The summed E-state index contributed by atoms with van der Waals surface area (Å²) in [6.45, 7) is 3.81. The minimum absolute atomic E-state index is 0.0899. The number of nitrogens with one attached hydrogen (secondary N) is 1. The van der Waals surface area contributed by atoms with Crippen LogP contribution in [-0.2, 0) is 9.84 Å². The largest absolute Gasteiger partial charge is 0.358 e. The highest BCUT2D eigenvalue weighted by molar-refractivity contribution is 7.90. The molecule has 0 aliphatic rings. The van der Waals surface area contributed by atoms with E-state index in [-0.39, 0.29) is 11.8 Å². The zero-order chi connectivity index (χ0) is 11.5. The maximum absolute atomic E-state index is 10.9. The molecule has 5 nitrogen and oxygen atoms in total. The second kappa shape index (κ2) is 4.89. The molecule has 1 rings (SSSR count). The molecule has 1 N–H and O–H groups in total. The third-order valence-corrected chi connectivity index (χ3v) is 3.56. The van der Waals surface area contributed by atoms with Gasteiger partial charge in [0.1, 0.15) is 14.8 Å². The summed E-state index contributed by atoms with van der Waals surface area (Å²) in [6, 6.07) is 0.0899. The Morgan fingerprint density at radius 2 is 2.13 bits per heavy atom. The first-order chi connectivity index (χ1) is 6.87. The average Bonchev–Trinajstić information content (AvgIpc) is 2.47. The van der Waals surface area contributed by atoms with Crippen LogP contribution < -0.4 is 5.32 Å². The van der Waals surface area contributed by atoms with Gasteiger partial charge in [0.25, 0.3) is 0 Å². The SMILES string of the molecule is Cc1nnc(NC(C)CCS(C)(=O)=O)s1. The van der Waals surface area contributed by atoms with Crippen molar-refractivity contribution >= 4 is 26.3 Å². The van der Waals surface area contributed by atoms with Crippen LogP contribution in [0.15, 0.2) is 0 Å². The highest BCUT2D eigenvalue weighted by Crippen LogP contribution is 2.15. The lowest BCUT2D eigenvalue weighted by Gasteiger charge is -2.10. The number of rotatable bonds is 5. The number of aromatic nitrogens is 2. The van der Waals surface area contributed by atoms with Crippen LogP contribution in [-0.4, -0.2) is 36.7 Å². The van der Waals surface area contributed by atoms with E-state index in [1.54, 1.807) is 0 Å². The number of hydrogen-bond donors (Lipinski definition) is 1. The highest BCUT2D eigenvalue weighted by atomic mass is 32.2. The van der Waals surface area contributed by atoms with Gasteiger partial charge in [-0.1, -0.05) is 11.3 Å². The van der Waals surface area contributed by atoms with Crippen molar-refractivity contribution < 1.29 is 8.42 Å². The van der Waals surface area contributed by atoms with Crippen molar-refractivity contribution in [1.29, 1.82) is 0 Å². The zero-order valence-corrected chi connectivity index (χ0v) is 10.7. The van der Waals surface area contributed by atoms with Gasteiger partial charge in [0.2, 0.25) is 5.13 Å². The Morgan fingerprint density at radius 1 is 1.47 bits per heavy atom. The molecule has 0 aliphatic heterocycles. The normalized spacial score (nSPS) is 13.8. The summed E-state index contributed by atoms with van der Waals surface area (Å²) in [7, 11) is -2.88. The highest BCUT2D eigenvalue weighted by Gasteiger charge is 2.09. The molecular weight excluding hydrogens is 234 g/mol. The van der Waals surface area contributed by atoms with Gasteiger partial charge in [-0.3, -0.25) is 0 Å². The Labute approximate surface area is 93.8 Å². The summed E-state index contributed by atoms with van der Waals surface area (Å²) in [5.41, 5.74) is 0. The standard InChI is InChI=1S/C8H15N3O2S2/c1-6(4-5-15(3,12)13)9-8-11-10-7(2)14-8/h6H,4-5H2,1-3H3,(H,9,11). The molecule has 1 atom stereocenters. The summed E-state index contributed by atoms with van der Waals surface area (Å²) < 4.78 is 21.9. The van der Waals surface area contributed by atoms with Gasteiger partial charge >= 0.3 is 0 Å². The molecule has 0 aromatic carbocycles. The maximum atomic E-state index is 10.9. The lowest BCUT2D eigenvalue weighted by molar-refractivity contribution is 0.595. The molecule has 7 heteroatoms. The molecule has 0 fully saturated rings. The van der Waals surface area contributed by atoms with Crippen LogP contribution in [0.5, 0.6) is 0 Å². The molecule has 86 valence electrons. The van der Waals surface area contributed by atoms with E-state index >= 15 is 0 Å². The minimum atomic E-state index is -2.88. The van der Waals surface area contributed by atoms with Crippen LogP contribution in [0, 0.1) is 6.92 Å². The van der Waals surface area contributed by atoms with Crippen LogP contribution in [0.1, 0.15) is 18.4 Å². The molecular formula is C8H15N3O2S2. The quantitative estimate of drug-likeness (QED) is 0.845. The van der Waals surface area contributed by atoms with E-state index < -0.39 is 9.84 Å². The molecule has 0 radical (unpaired) electrons. The zero-order valence-electron chi connectivity index (χ0n) is 9.02. The Kier molecular flexibility index (Phi) is 4.04. The van der Waals surface area contributed by atoms with Crippen molar-refractivity contribution in [3.05, 3.63) is 5.01 Å². The summed E-state index contributed by atoms with van der Waals surface area (Å²) in [6.07, 6.45) is 1.83. The van der Waals surface area contributed by atoms with Crippen LogP contribution >= 0.6 is 11.3 Å². The third-order valence-electron chi connectivity index (χ3n) is 1.82. The van der Waals surface area contributed by atoms with E-state index in [4.69, 9.17) is 0 Å². The van der Waals surface area contributed by atoms with E-state index in [1.165, 1.54) is 17.6 Å². The first kappa shape index (κ1) is 12.4. The first-order valence-electron chi connectivity index (χ1n) is 4.61. The van der Waals surface area contributed by atoms with Gasteiger partial charge in [-0.2, -0.15) is 0 Å². The minimum Gasteiger partial charge on any atom is -0.358 e. The number of aryl methyl sites for hydroxylation is 1. The van der Waals surface area contributed by atoms with Crippen LogP contribution in [0.2, 0.25) is 0 Å². The summed E-state index contributed by atoms with van der Waals surface area (Å²) >= 11 is 1.47. The van der Waals surface area contributed by atoms with Crippen molar-refractivity contribution in [3.63, 3.8) is 0 Å². The molecule has 0 bridgehead atoms. The molecule has 1 aromatic heterocycles. The van der Waals surface area contributed by atoms with Gasteiger partial charge < -0.3 is 5.32 Å². The fraction of sp³-hybridized carbons (Fsp3) is 0.750. The molecule has 0 aliphatic carbocycles. The molecule has 1 heterocycles. The molecule has 15 heavy (non-hydrogen) atoms. The lowest BCUT2D eigenvalue weighted by atomic mass is 10.3. The first-order valence-corrected chi connectivity index (χ1v) is 7.49. The smallest absolute Gasteiger partial charge is 0.205 e. The Bertz CT molecular complexity index is 413. The van der Waals surface area contributed by atoms with Crippen LogP contribution in [0.25, 0.3) is 0 Å². The molecule has 1 aromatic rings. The Hall–Kier alpha value is -0.690. The third kappa shape index (κ3) is 5.08. The van der Waals surface area contributed by atoms with Crippen molar-refractivity contribution in [2.45, 2.75) is 26.3 Å². The van der Waals surface area contributed by atoms with Crippen LogP contribution in [0.4, 0.5) is 5.13 Å². The number of hydrogen-bond acceptors (Lipinski definition) is 6. The van der Waals surface area contributed by atoms with E-state index in [0.717, 1.165) is 10.1 Å². The van der Waals surface area contributed by atoms with Gasteiger partial charge in [-0.05, 0) is 20.3 Å². The lowest BCUT2D eigenvalue weighted by Crippen LogP contribution is -2.19. The van der Waals surface area contributed by atoms with Gasteiger partial charge in [0.15, 0.2) is 0 Å². The van der Waals surface area contributed by atoms with Gasteiger partial charge in [0, 0.05) is 12.3 Å². The van der Waals surface area contributed by atoms with Gasteiger partial charge in [0.05, 0.1) is 5.75 Å². The number of anilines is 1. The molecule has 0 amide bonds. The van der Waals surface area contributed by atoms with E-state index in [9.17, 15) is 8.42 Å². The fourth-order valence-electron chi connectivity index (χ4n) is 1.03. The Balaban J connectivity index is 2.40. The monoisotopic (exact) mass is 249 g/mol. The van der Waals surface area contributed by atoms with Crippen molar-refractivity contribution in [3.8, 4) is 0 Å². The average molecular weight is 249 g/mol. The fourth-order valence-corrected chi connectivity index (χ4v) is 2.51. The predicted octanol–water partition coefficient (Wildman–Crippen LogP) is 1.08. The van der Waals surface area contributed by atoms with Crippen molar-refractivity contribution in [2.24, 2.45) is 0 Å². The topological polar surface area (TPSA) is 72.0 Å². The maximum Gasteiger partial charge on any atom is 0.205 e. The summed E-state index contributed by atoms with van der Waals surface area (Å²) in [5.74, 6) is 0.193. The summed E-state index contributed by atoms with van der Waals surface area (Å²) in [5, 5.41) is 12.5. The Morgan fingerprint density at radius 3 is 2.60 bits per heavy atom. The number of sulfone groups is 1. The van der Waals surface area contributed by atoms with E-state index in [2.05, 4.69) is 15.5 Å². The number of nitrogens with zero attached hydrogens (tertiary/aromatic N) is 2. The van der Waals surface area contributed by atoms with Crippen molar-refractivity contribution in [2.75, 3.05) is 17.3 Å². The molecule has 0 saturated heterocycles. The molecule has 0 spiro atoms.